The summed E-state index contributed by atoms with van der Waals surface area (Å²) in [6.07, 6.45) is 1.08. The molecule has 1 fully saturated rings. The van der Waals surface area contributed by atoms with Gasteiger partial charge in [-0.05, 0) is 18.6 Å². The van der Waals surface area contributed by atoms with Crippen LogP contribution in [0.25, 0.3) is 10.9 Å². The number of carbonyl (C=O) groups is 2. The molecule has 0 saturated carbocycles. The second-order valence-corrected chi connectivity index (χ2v) is 5.12. The highest BCUT2D eigenvalue weighted by Gasteiger charge is 2.21. The quantitative estimate of drug-likeness (QED) is 0.760. The number of piperidine rings is 1. The van der Waals surface area contributed by atoms with E-state index in [1.165, 1.54) is 0 Å². The third-order valence-electron chi connectivity index (χ3n) is 3.58. The Bertz CT molecular complexity index is 704. The number of hydrogen-bond acceptors (Lipinski definition) is 4. The lowest BCUT2D eigenvalue weighted by Crippen LogP contribution is -2.47. The van der Waals surface area contributed by atoms with E-state index in [9.17, 15) is 9.59 Å². The lowest BCUT2D eigenvalue weighted by atomic mass is 10.0. The first kappa shape index (κ1) is 13.4. The molecule has 21 heavy (non-hydrogen) atoms. The van der Waals surface area contributed by atoms with Gasteiger partial charge in [0.05, 0.1) is 11.1 Å². The summed E-state index contributed by atoms with van der Waals surface area (Å²) in [7, 11) is 0. The van der Waals surface area contributed by atoms with Gasteiger partial charge < -0.3 is 16.4 Å². The van der Waals surface area contributed by atoms with E-state index < -0.39 is 0 Å². The molecule has 1 unspecified atom stereocenters. The highest BCUT2D eigenvalue weighted by Crippen LogP contribution is 2.19. The third kappa shape index (κ3) is 2.79. The lowest BCUT2D eigenvalue weighted by molar-refractivity contribution is -0.122. The molecule has 1 aromatic heterocycles. The molecule has 108 valence electrons. The maximum Gasteiger partial charge on any atom is 0.252 e. The monoisotopic (exact) mass is 284 g/mol. The van der Waals surface area contributed by atoms with Crippen molar-refractivity contribution in [1.29, 1.82) is 0 Å². The molecule has 2 amide bonds. The Labute approximate surface area is 121 Å². The van der Waals surface area contributed by atoms with Gasteiger partial charge in [0.15, 0.2) is 0 Å². The first-order chi connectivity index (χ1) is 10.1. The van der Waals surface area contributed by atoms with Crippen molar-refractivity contribution in [1.82, 2.24) is 15.6 Å². The fourth-order valence-corrected chi connectivity index (χ4v) is 2.50. The van der Waals surface area contributed by atoms with E-state index in [2.05, 4.69) is 15.6 Å². The van der Waals surface area contributed by atoms with Crippen LogP contribution >= 0.6 is 0 Å². The number of aromatic nitrogens is 1. The number of nitrogen functional groups attached to an aromatic ring is 1. The van der Waals surface area contributed by atoms with Crippen LogP contribution in [0.1, 0.15) is 23.2 Å². The van der Waals surface area contributed by atoms with Crippen LogP contribution in [0.3, 0.4) is 0 Å². The van der Waals surface area contributed by atoms with Gasteiger partial charge in [-0.2, -0.15) is 0 Å². The average molecular weight is 284 g/mol. The molecule has 6 nitrogen and oxygen atoms in total. The van der Waals surface area contributed by atoms with E-state index in [0.29, 0.717) is 36.3 Å². The zero-order valence-corrected chi connectivity index (χ0v) is 11.4. The molecule has 2 aromatic rings. The number of nitrogens with two attached hydrogens (primary N) is 1. The predicted molar refractivity (Wildman–Crippen MR) is 79.7 cm³/mol. The molecule has 2 heterocycles. The average Bonchev–Trinajstić information content (AvgIpc) is 2.48. The van der Waals surface area contributed by atoms with Gasteiger partial charge in [0.1, 0.15) is 5.82 Å². The fourth-order valence-electron chi connectivity index (χ4n) is 2.50. The molecule has 1 aromatic carbocycles. The topological polar surface area (TPSA) is 97.1 Å². The van der Waals surface area contributed by atoms with E-state index >= 15 is 0 Å². The van der Waals surface area contributed by atoms with Crippen molar-refractivity contribution in [2.24, 2.45) is 0 Å². The van der Waals surface area contributed by atoms with Gasteiger partial charge >= 0.3 is 0 Å². The van der Waals surface area contributed by atoms with Crippen LogP contribution in [-0.4, -0.2) is 29.4 Å². The summed E-state index contributed by atoms with van der Waals surface area (Å²) >= 11 is 0. The van der Waals surface area contributed by atoms with Crippen LogP contribution in [0.4, 0.5) is 5.82 Å². The molecular formula is C15H16N4O2. The molecule has 1 aliphatic heterocycles. The number of hydrogen-bond donors (Lipinski definition) is 3. The number of nitrogens with one attached hydrogen (secondary N) is 2. The lowest BCUT2D eigenvalue weighted by Gasteiger charge is -2.23. The van der Waals surface area contributed by atoms with E-state index in [0.717, 1.165) is 5.39 Å². The van der Waals surface area contributed by atoms with Crippen LogP contribution in [0, 0.1) is 0 Å². The number of fused-ring (bicyclic) bond motifs is 1. The SMILES string of the molecule is Nc1cc(C(=O)NC2CCC(=O)NC2)c2ccccc2n1. The Kier molecular flexibility index (Phi) is 3.43. The van der Waals surface area contributed by atoms with Crippen molar-refractivity contribution >= 4 is 28.5 Å². The van der Waals surface area contributed by atoms with E-state index in [1.54, 1.807) is 6.07 Å². The molecule has 0 bridgehead atoms. The summed E-state index contributed by atoms with van der Waals surface area (Å²) in [6.45, 7) is 0.461. The second-order valence-electron chi connectivity index (χ2n) is 5.12. The van der Waals surface area contributed by atoms with Gasteiger partial charge in [0, 0.05) is 24.4 Å². The molecule has 1 aliphatic rings. The molecule has 0 radical (unpaired) electrons. The summed E-state index contributed by atoms with van der Waals surface area (Å²) in [6, 6.07) is 8.91. The Morgan fingerprint density at radius 2 is 2.19 bits per heavy atom. The maximum atomic E-state index is 12.5. The van der Waals surface area contributed by atoms with Gasteiger partial charge in [-0.15, -0.1) is 0 Å². The first-order valence-electron chi connectivity index (χ1n) is 6.86. The molecular weight excluding hydrogens is 268 g/mol. The third-order valence-corrected chi connectivity index (χ3v) is 3.58. The number of para-hydroxylation sites is 1. The molecule has 6 heteroatoms. The Morgan fingerprint density at radius 1 is 1.38 bits per heavy atom. The van der Waals surface area contributed by atoms with Gasteiger partial charge in [-0.25, -0.2) is 4.98 Å². The molecule has 0 aliphatic carbocycles. The highest BCUT2D eigenvalue weighted by molar-refractivity contribution is 6.07. The fraction of sp³-hybridized carbons (Fsp3) is 0.267. The molecule has 1 saturated heterocycles. The van der Waals surface area contributed by atoms with Gasteiger partial charge in [0.2, 0.25) is 5.91 Å². The molecule has 3 rings (SSSR count). The minimum atomic E-state index is -0.193. The summed E-state index contributed by atoms with van der Waals surface area (Å²) in [5.74, 6) is 0.149. The number of carbonyl (C=O) groups excluding carboxylic acids is 2. The van der Waals surface area contributed by atoms with Crippen molar-refractivity contribution in [2.75, 3.05) is 12.3 Å². The van der Waals surface area contributed by atoms with E-state index in [1.807, 2.05) is 24.3 Å². The summed E-state index contributed by atoms with van der Waals surface area (Å²) in [5.41, 5.74) is 6.97. The maximum absolute atomic E-state index is 12.5. The Morgan fingerprint density at radius 3 is 2.95 bits per heavy atom. The number of rotatable bonds is 2. The largest absolute Gasteiger partial charge is 0.384 e. The molecule has 1 atom stereocenters. The van der Waals surface area contributed by atoms with Crippen molar-refractivity contribution in [2.45, 2.75) is 18.9 Å². The van der Waals surface area contributed by atoms with Crippen LogP contribution in [-0.2, 0) is 4.79 Å². The molecule has 4 N–H and O–H groups in total. The Balaban J connectivity index is 1.86. The van der Waals surface area contributed by atoms with Crippen molar-refractivity contribution in [3.05, 3.63) is 35.9 Å². The number of pyridine rings is 1. The number of anilines is 1. The van der Waals surface area contributed by atoms with Crippen molar-refractivity contribution in [3.63, 3.8) is 0 Å². The van der Waals surface area contributed by atoms with Crippen LogP contribution < -0.4 is 16.4 Å². The van der Waals surface area contributed by atoms with Crippen molar-refractivity contribution in [3.8, 4) is 0 Å². The normalized spacial score (nSPS) is 18.3. The summed E-state index contributed by atoms with van der Waals surface area (Å²) in [4.78, 5) is 27.8. The van der Waals surface area contributed by atoms with E-state index in [4.69, 9.17) is 5.73 Å². The number of benzene rings is 1. The molecule has 0 spiro atoms. The highest BCUT2D eigenvalue weighted by atomic mass is 16.2. The van der Waals surface area contributed by atoms with Crippen LogP contribution in [0.15, 0.2) is 30.3 Å². The number of nitrogens with zero attached hydrogens (tertiary/aromatic N) is 1. The zero-order valence-electron chi connectivity index (χ0n) is 11.4. The van der Waals surface area contributed by atoms with E-state index in [-0.39, 0.29) is 17.9 Å². The first-order valence-corrected chi connectivity index (χ1v) is 6.86. The standard InChI is InChI=1S/C15H16N4O2/c16-13-7-11(10-3-1-2-4-12(10)19-13)15(21)18-9-5-6-14(20)17-8-9/h1-4,7,9H,5-6,8H2,(H2,16,19)(H,17,20)(H,18,21). The minimum absolute atomic E-state index is 0.0269. The zero-order chi connectivity index (χ0) is 14.8. The van der Waals surface area contributed by atoms with Crippen LogP contribution in [0.2, 0.25) is 0 Å². The second kappa shape index (κ2) is 5.40. The van der Waals surface area contributed by atoms with Gasteiger partial charge in [-0.3, -0.25) is 9.59 Å². The van der Waals surface area contributed by atoms with Crippen LogP contribution in [0.5, 0.6) is 0 Å². The van der Waals surface area contributed by atoms with Crippen molar-refractivity contribution < 1.29 is 9.59 Å². The predicted octanol–water partition coefficient (Wildman–Crippen LogP) is 0.825. The Hall–Kier alpha value is -2.63. The minimum Gasteiger partial charge on any atom is -0.384 e. The summed E-state index contributed by atoms with van der Waals surface area (Å²) in [5, 5.41) is 6.45. The smallest absolute Gasteiger partial charge is 0.252 e. The number of amides is 2. The van der Waals surface area contributed by atoms with Gasteiger partial charge in [-0.1, -0.05) is 18.2 Å². The van der Waals surface area contributed by atoms with Gasteiger partial charge in [0.25, 0.3) is 5.91 Å². The summed E-state index contributed by atoms with van der Waals surface area (Å²) < 4.78 is 0.